The van der Waals surface area contributed by atoms with Crippen LogP contribution >= 0.6 is 0 Å². The molecule has 0 radical (unpaired) electrons. The topological polar surface area (TPSA) is 87.3 Å². The van der Waals surface area contributed by atoms with Crippen LogP contribution in [0.3, 0.4) is 0 Å². The molecule has 2 N–H and O–H groups in total. The molecular formula is C22H24N4O3. The van der Waals surface area contributed by atoms with Crippen LogP contribution in [0.25, 0.3) is 10.9 Å². The lowest BCUT2D eigenvalue weighted by Crippen LogP contribution is -2.33. The van der Waals surface area contributed by atoms with Crippen molar-refractivity contribution in [2.75, 3.05) is 31.6 Å². The maximum atomic E-state index is 12.5. The molecule has 4 rings (SSSR count). The molecule has 1 aliphatic heterocycles. The molecule has 7 heteroatoms. The Morgan fingerprint density at radius 3 is 2.69 bits per heavy atom. The van der Waals surface area contributed by atoms with Crippen LogP contribution in [0.2, 0.25) is 0 Å². The highest BCUT2D eigenvalue weighted by atomic mass is 16.5. The van der Waals surface area contributed by atoms with Crippen molar-refractivity contribution in [1.29, 1.82) is 0 Å². The molecule has 3 aromatic rings. The minimum absolute atomic E-state index is 0.224. The summed E-state index contributed by atoms with van der Waals surface area (Å²) in [4.78, 5) is 33.3. The standard InChI is InChI=1S/C22H24N4O3/c27-21(16-4-9-19-20(14-16)23-15-24-22(19)28)25-17-5-7-18(8-6-17)29-13-12-26-10-2-1-3-11-26/h4-9,14-15H,1-3,10-13H2,(H,25,27)(H,23,24,28). The number of fused-ring (bicyclic) bond motifs is 1. The van der Waals surface area contributed by atoms with Gasteiger partial charge in [-0.2, -0.15) is 0 Å². The molecule has 0 unspecified atom stereocenters. The lowest BCUT2D eigenvalue weighted by atomic mass is 10.1. The van der Waals surface area contributed by atoms with E-state index < -0.39 is 0 Å². The third-order valence-electron chi connectivity index (χ3n) is 5.14. The molecule has 2 heterocycles. The molecule has 29 heavy (non-hydrogen) atoms. The van der Waals surface area contributed by atoms with Gasteiger partial charge < -0.3 is 15.0 Å². The van der Waals surface area contributed by atoms with Crippen LogP contribution in [0, 0.1) is 0 Å². The quantitative estimate of drug-likeness (QED) is 0.673. The molecule has 0 atom stereocenters. The maximum absolute atomic E-state index is 12.5. The van der Waals surface area contributed by atoms with Crippen LogP contribution in [0.1, 0.15) is 29.6 Å². The van der Waals surface area contributed by atoms with Gasteiger partial charge in [-0.25, -0.2) is 4.98 Å². The number of aromatic nitrogens is 2. The Morgan fingerprint density at radius 1 is 1.10 bits per heavy atom. The fourth-order valence-electron chi connectivity index (χ4n) is 3.52. The van der Waals surface area contributed by atoms with Crippen molar-refractivity contribution in [3.8, 4) is 5.75 Å². The Hall–Kier alpha value is -3.19. The molecule has 0 bridgehead atoms. The summed E-state index contributed by atoms with van der Waals surface area (Å²) in [6.45, 7) is 3.92. The van der Waals surface area contributed by atoms with Crippen molar-refractivity contribution in [2.45, 2.75) is 19.3 Å². The van der Waals surface area contributed by atoms with Crippen LogP contribution in [-0.2, 0) is 0 Å². The molecule has 2 aromatic carbocycles. The van der Waals surface area contributed by atoms with E-state index in [1.54, 1.807) is 18.2 Å². The number of carbonyl (C=O) groups is 1. The number of carbonyl (C=O) groups excluding carboxylic acids is 1. The van der Waals surface area contributed by atoms with Gasteiger partial charge in [-0.3, -0.25) is 14.5 Å². The number of amides is 1. The summed E-state index contributed by atoms with van der Waals surface area (Å²) >= 11 is 0. The van der Waals surface area contributed by atoms with Crippen molar-refractivity contribution in [2.24, 2.45) is 0 Å². The number of benzene rings is 2. The van der Waals surface area contributed by atoms with Gasteiger partial charge in [0, 0.05) is 17.8 Å². The molecule has 7 nitrogen and oxygen atoms in total. The number of hydrogen-bond donors (Lipinski definition) is 2. The van der Waals surface area contributed by atoms with Gasteiger partial charge in [-0.15, -0.1) is 0 Å². The van der Waals surface area contributed by atoms with E-state index in [0.717, 1.165) is 25.4 Å². The number of aromatic amines is 1. The average molecular weight is 392 g/mol. The lowest BCUT2D eigenvalue weighted by Gasteiger charge is -2.26. The molecule has 1 saturated heterocycles. The van der Waals surface area contributed by atoms with Gasteiger partial charge in [0.2, 0.25) is 0 Å². The number of anilines is 1. The van der Waals surface area contributed by atoms with Crippen LogP contribution in [0.15, 0.2) is 53.6 Å². The Kier molecular flexibility index (Phi) is 5.86. The SMILES string of the molecule is O=C(Nc1ccc(OCCN2CCCCC2)cc1)c1ccc2c(=O)[nH]cnc2c1. The number of piperidine rings is 1. The minimum Gasteiger partial charge on any atom is -0.492 e. The molecule has 1 amide bonds. The number of nitrogens with one attached hydrogen (secondary N) is 2. The summed E-state index contributed by atoms with van der Waals surface area (Å²) in [7, 11) is 0. The van der Waals surface area contributed by atoms with Gasteiger partial charge in [-0.1, -0.05) is 6.42 Å². The van der Waals surface area contributed by atoms with Gasteiger partial charge in [0.15, 0.2) is 0 Å². The summed E-state index contributed by atoms with van der Waals surface area (Å²) in [6.07, 6.45) is 5.21. The Balaban J connectivity index is 1.33. The smallest absolute Gasteiger partial charge is 0.258 e. The second-order valence-electron chi connectivity index (χ2n) is 7.19. The van der Waals surface area contributed by atoms with Crippen molar-refractivity contribution in [1.82, 2.24) is 14.9 Å². The van der Waals surface area contributed by atoms with E-state index in [9.17, 15) is 9.59 Å². The van der Waals surface area contributed by atoms with E-state index in [0.29, 0.717) is 28.8 Å². The monoisotopic (exact) mass is 392 g/mol. The zero-order valence-electron chi connectivity index (χ0n) is 16.2. The van der Waals surface area contributed by atoms with Crippen LogP contribution in [-0.4, -0.2) is 47.0 Å². The summed E-state index contributed by atoms with van der Waals surface area (Å²) < 4.78 is 5.82. The van der Waals surface area contributed by atoms with Crippen LogP contribution < -0.4 is 15.6 Å². The first kappa shape index (κ1) is 19.1. The first-order valence-electron chi connectivity index (χ1n) is 9.93. The van der Waals surface area contributed by atoms with Gasteiger partial charge in [0.25, 0.3) is 11.5 Å². The second kappa shape index (κ2) is 8.87. The van der Waals surface area contributed by atoms with Gasteiger partial charge in [0.05, 0.1) is 17.2 Å². The fraction of sp³-hybridized carbons (Fsp3) is 0.318. The number of nitrogens with zero attached hydrogens (tertiary/aromatic N) is 2. The largest absolute Gasteiger partial charge is 0.492 e. The van der Waals surface area contributed by atoms with Gasteiger partial charge in [-0.05, 0) is 68.4 Å². The van der Waals surface area contributed by atoms with E-state index in [2.05, 4.69) is 20.2 Å². The van der Waals surface area contributed by atoms with Crippen LogP contribution in [0.5, 0.6) is 5.75 Å². The third-order valence-corrected chi connectivity index (χ3v) is 5.14. The Bertz CT molecular complexity index is 1040. The minimum atomic E-state index is -0.257. The molecule has 1 aliphatic rings. The number of likely N-dealkylation sites (tertiary alicyclic amines) is 1. The summed E-state index contributed by atoms with van der Waals surface area (Å²) in [5.41, 5.74) is 1.38. The zero-order chi connectivity index (χ0) is 20.1. The fourth-order valence-corrected chi connectivity index (χ4v) is 3.52. The van der Waals surface area contributed by atoms with Gasteiger partial charge in [0.1, 0.15) is 12.4 Å². The van der Waals surface area contributed by atoms with E-state index in [1.807, 2.05) is 24.3 Å². The lowest BCUT2D eigenvalue weighted by molar-refractivity contribution is 0.102. The highest BCUT2D eigenvalue weighted by Crippen LogP contribution is 2.18. The Morgan fingerprint density at radius 2 is 1.90 bits per heavy atom. The third kappa shape index (κ3) is 4.81. The molecule has 0 aliphatic carbocycles. The van der Waals surface area contributed by atoms with E-state index in [-0.39, 0.29) is 11.5 Å². The highest BCUT2D eigenvalue weighted by molar-refractivity contribution is 6.06. The van der Waals surface area contributed by atoms with E-state index >= 15 is 0 Å². The second-order valence-corrected chi connectivity index (χ2v) is 7.19. The summed E-state index contributed by atoms with van der Waals surface area (Å²) in [5, 5.41) is 3.31. The normalized spacial score (nSPS) is 14.6. The molecule has 150 valence electrons. The maximum Gasteiger partial charge on any atom is 0.258 e. The molecular weight excluding hydrogens is 368 g/mol. The van der Waals surface area contributed by atoms with Crippen molar-refractivity contribution < 1.29 is 9.53 Å². The number of ether oxygens (including phenoxy) is 1. The molecule has 1 fully saturated rings. The zero-order valence-corrected chi connectivity index (χ0v) is 16.2. The Labute approximate surface area is 168 Å². The molecule has 0 saturated carbocycles. The van der Waals surface area contributed by atoms with E-state index in [1.165, 1.54) is 25.6 Å². The number of hydrogen-bond acceptors (Lipinski definition) is 5. The first-order chi connectivity index (χ1) is 14.2. The first-order valence-corrected chi connectivity index (χ1v) is 9.93. The number of rotatable bonds is 6. The van der Waals surface area contributed by atoms with Gasteiger partial charge >= 0.3 is 0 Å². The summed E-state index contributed by atoms with van der Waals surface area (Å²) in [5.74, 6) is 0.530. The average Bonchev–Trinajstić information content (AvgIpc) is 2.76. The van der Waals surface area contributed by atoms with Crippen molar-refractivity contribution in [3.63, 3.8) is 0 Å². The van der Waals surface area contributed by atoms with E-state index in [4.69, 9.17) is 4.74 Å². The number of H-pyrrole nitrogens is 1. The predicted molar refractivity (Wildman–Crippen MR) is 113 cm³/mol. The van der Waals surface area contributed by atoms with Crippen molar-refractivity contribution >= 4 is 22.5 Å². The van der Waals surface area contributed by atoms with Crippen molar-refractivity contribution in [3.05, 3.63) is 64.7 Å². The van der Waals surface area contributed by atoms with Crippen LogP contribution in [0.4, 0.5) is 5.69 Å². The highest BCUT2D eigenvalue weighted by Gasteiger charge is 2.10. The molecule has 0 spiro atoms. The predicted octanol–water partition coefficient (Wildman–Crippen LogP) is 3.04. The summed E-state index contributed by atoms with van der Waals surface area (Å²) in [6, 6.07) is 12.2. The molecule has 1 aromatic heterocycles.